The van der Waals surface area contributed by atoms with Crippen molar-refractivity contribution in [3.8, 4) is 12.8 Å². The maximum atomic E-state index is 4.05. The Hall–Kier alpha value is -2.72. The number of nitrogens with one attached hydrogen (secondary N) is 1. The van der Waals surface area contributed by atoms with E-state index < -0.39 is 0 Å². The van der Waals surface area contributed by atoms with Gasteiger partial charge in [-0.05, 0) is 71.8 Å². The fraction of sp³-hybridized carbons (Fsp3) is 0.526. The van der Waals surface area contributed by atoms with Crippen LogP contribution < -0.4 is 5.32 Å². The largest absolute Gasteiger partial charge is 0.392 e. The zero-order valence-corrected chi connectivity index (χ0v) is 27.9. The Labute approximate surface area is 246 Å². The van der Waals surface area contributed by atoms with Crippen molar-refractivity contribution in [2.24, 2.45) is 5.41 Å². The highest BCUT2D eigenvalue weighted by Crippen LogP contribution is 2.36. The summed E-state index contributed by atoms with van der Waals surface area (Å²) in [5.74, 6) is 1.14. The van der Waals surface area contributed by atoms with E-state index in [0.717, 1.165) is 12.1 Å². The normalized spacial score (nSPS) is 12.2. The Bertz CT molecular complexity index is 807. The van der Waals surface area contributed by atoms with Crippen molar-refractivity contribution in [2.75, 3.05) is 7.05 Å². The second-order valence-electron chi connectivity index (χ2n) is 10.8. The number of allylic oxidation sites excluding steroid dienone is 6. The topological polar surface area (TPSA) is 12.0 Å². The maximum Gasteiger partial charge on any atom is 0.00726 e. The summed E-state index contributed by atoms with van der Waals surface area (Å²) in [4.78, 5) is 0. The highest BCUT2D eigenvalue weighted by Gasteiger charge is 2.18. The van der Waals surface area contributed by atoms with Crippen LogP contribution in [0.25, 0.3) is 5.57 Å². The molecular weight excluding hydrogens is 470 g/mol. The highest BCUT2D eigenvalue weighted by molar-refractivity contribution is 5.75. The van der Waals surface area contributed by atoms with E-state index in [1.54, 1.807) is 0 Å². The van der Waals surface area contributed by atoms with Gasteiger partial charge in [0, 0.05) is 12.7 Å². The number of benzene rings is 1. The summed E-state index contributed by atoms with van der Waals surface area (Å²) < 4.78 is 0. The van der Waals surface area contributed by atoms with Gasteiger partial charge in [-0.15, -0.1) is 32.6 Å². The lowest BCUT2D eigenvalue weighted by Gasteiger charge is -2.24. The summed E-state index contributed by atoms with van der Waals surface area (Å²) >= 11 is 0. The molecule has 0 saturated carbocycles. The Balaban J connectivity index is -0.000000480. The number of rotatable bonds is 13. The average molecular weight is 536 g/mol. The van der Waals surface area contributed by atoms with Gasteiger partial charge < -0.3 is 5.32 Å². The molecular formula is C38H65N. The number of unbranched alkanes of at least 4 members (excludes halogenated alkanes) is 1. The van der Waals surface area contributed by atoms with Crippen LogP contribution in [0.5, 0.6) is 0 Å². The first kappa shape index (κ1) is 43.3. The van der Waals surface area contributed by atoms with Crippen molar-refractivity contribution in [1.82, 2.24) is 5.32 Å². The molecule has 0 aliphatic heterocycles. The summed E-state index contributed by atoms with van der Waals surface area (Å²) in [7, 11) is 1.95. The second kappa shape index (κ2) is 28.3. The molecule has 1 heteroatoms. The molecule has 39 heavy (non-hydrogen) atoms. The van der Waals surface area contributed by atoms with Crippen LogP contribution in [0.2, 0.25) is 0 Å². The van der Waals surface area contributed by atoms with E-state index in [1.807, 2.05) is 27.0 Å². The SMILES string of the molecule is C#C.C=C.C=CCC(CCC)c1ccc(/C(C=C)=C/C=C(\C)NC)cc1C(C)CCCC.CC.CC(C)(C)C. The van der Waals surface area contributed by atoms with E-state index in [-0.39, 0.29) is 0 Å². The second-order valence-corrected chi connectivity index (χ2v) is 10.8. The fourth-order valence-corrected chi connectivity index (χ4v) is 3.75. The third kappa shape index (κ3) is 22.9. The number of hydrogen-bond acceptors (Lipinski definition) is 1. The van der Waals surface area contributed by atoms with E-state index in [9.17, 15) is 0 Å². The van der Waals surface area contributed by atoms with Gasteiger partial charge in [0.25, 0.3) is 0 Å². The predicted molar refractivity (Wildman–Crippen MR) is 185 cm³/mol. The molecule has 1 aromatic carbocycles. The van der Waals surface area contributed by atoms with E-state index >= 15 is 0 Å². The van der Waals surface area contributed by atoms with Crippen molar-refractivity contribution in [3.05, 3.63) is 91.2 Å². The van der Waals surface area contributed by atoms with Gasteiger partial charge >= 0.3 is 0 Å². The standard InChI is InChI=1S/C27H41N.C5H12.C2H6.C2H4.C2H2/c1-8-12-15-21(5)27-20-25(23(11-4)17-16-22(6)28-7)18-19-26(27)24(13-9-2)14-10-3;1-5(2,3)4;3*1-2/h9,11,16-21,24,28H,2,4,8,10,12-15H2,1,3,5-7H3;1-4H3;1-2H3;1-2H2;1-2H/b22-16+,23-17+;;;;. The summed E-state index contributed by atoms with van der Waals surface area (Å²) in [5, 5.41) is 3.17. The van der Waals surface area contributed by atoms with Gasteiger partial charge in [0.2, 0.25) is 0 Å². The molecule has 222 valence electrons. The molecule has 1 N–H and O–H groups in total. The molecule has 0 spiro atoms. The molecule has 0 aliphatic rings. The van der Waals surface area contributed by atoms with Gasteiger partial charge in [0.05, 0.1) is 0 Å². The molecule has 2 unspecified atom stereocenters. The van der Waals surface area contributed by atoms with Gasteiger partial charge in [-0.3, -0.25) is 0 Å². The first-order valence-corrected chi connectivity index (χ1v) is 14.8. The third-order valence-electron chi connectivity index (χ3n) is 5.60. The van der Waals surface area contributed by atoms with Crippen molar-refractivity contribution >= 4 is 5.57 Å². The molecule has 1 aromatic rings. The van der Waals surface area contributed by atoms with Crippen molar-refractivity contribution < 1.29 is 0 Å². The van der Waals surface area contributed by atoms with E-state index in [2.05, 4.69) is 136 Å². The Kier molecular flexibility index (Phi) is 31.4. The summed E-state index contributed by atoms with van der Waals surface area (Å²) in [6, 6.07) is 7.05. The lowest BCUT2D eigenvalue weighted by atomic mass is 9.81. The van der Waals surface area contributed by atoms with Gasteiger partial charge in [0.1, 0.15) is 0 Å². The minimum absolute atomic E-state index is 0.500. The first-order chi connectivity index (χ1) is 18.5. The van der Waals surface area contributed by atoms with Crippen LogP contribution in [0.1, 0.15) is 136 Å². The molecule has 0 bridgehead atoms. The first-order valence-electron chi connectivity index (χ1n) is 14.8. The molecule has 0 saturated heterocycles. The Morgan fingerprint density at radius 3 is 1.90 bits per heavy atom. The lowest BCUT2D eigenvalue weighted by Crippen LogP contribution is -2.06. The third-order valence-corrected chi connectivity index (χ3v) is 5.60. The summed E-state index contributed by atoms with van der Waals surface area (Å²) in [6.45, 7) is 35.8. The summed E-state index contributed by atoms with van der Waals surface area (Å²) in [6.07, 6.45) is 23.5. The molecule has 1 rings (SSSR count). The van der Waals surface area contributed by atoms with Gasteiger partial charge in [-0.2, -0.15) is 0 Å². The smallest absolute Gasteiger partial charge is 0.00726 e. The number of hydrogen-bond donors (Lipinski definition) is 1. The Morgan fingerprint density at radius 1 is 0.949 bits per heavy atom. The van der Waals surface area contributed by atoms with Crippen molar-refractivity contribution in [2.45, 2.75) is 120 Å². The van der Waals surface area contributed by atoms with Crippen LogP contribution in [0, 0.1) is 18.3 Å². The monoisotopic (exact) mass is 536 g/mol. The number of terminal acetylenes is 1. The van der Waals surface area contributed by atoms with Crippen LogP contribution in [-0.4, -0.2) is 7.05 Å². The molecule has 0 radical (unpaired) electrons. The van der Waals surface area contributed by atoms with Crippen molar-refractivity contribution in [3.63, 3.8) is 0 Å². The lowest BCUT2D eigenvalue weighted by molar-refractivity contribution is 0.469. The molecule has 0 heterocycles. The zero-order chi connectivity index (χ0) is 31.4. The van der Waals surface area contributed by atoms with E-state index in [4.69, 9.17) is 0 Å². The van der Waals surface area contributed by atoms with Gasteiger partial charge in [0.15, 0.2) is 0 Å². The maximum absolute atomic E-state index is 4.05. The summed E-state index contributed by atoms with van der Waals surface area (Å²) in [5.41, 5.74) is 7.08. The average Bonchev–Trinajstić information content (AvgIpc) is 2.94. The van der Waals surface area contributed by atoms with Crippen LogP contribution in [-0.2, 0) is 0 Å². The van der Waals surface area contributed by atoms with E-state index in [1.165, 1.54) is 54.4 Å². The van der Waals surface area contributed by atoms with Crippen LogP contribution >= 0.6 is 0 Å². The van der Waals surface area contributed by atoms with Gasteiger partial charge in [-0.1, -0.05) is 125 Å². The van der Waals surface area contributed by atoms with Gasteiger partial charge in [-0.25, -0.2) is 0 Å². The minimum Gasteiger partial charge on any atom is -0.392 e. The molecule has 1 nitrogen and oxygen atoms in total. The van der Waals surface area contributed by atoms with Crippen molar-refractivity contribution in [1.29, 1.82) is 0 Å². The zero-order valence-electron chi connectivity index (χ0n) is 27.9. The molecule has 0 aromatic heterocycles. The Morgan fingerprint density at radius 2 is 1.49 bits per heavy atom. The van der Waals surface area contributed by atoms with Crippen LogP contribution in [0.3, 0.4) is 0 Å². The predicted octanol–water partition coefficient (Wildman–Crippen LogP) is 12.3. The highest BCUT2D eigenvalue weighted by atomic mass is 14.8. The molecule has 0 aliphatic carbocycles. The van der Waals surface area contributed by atoms with Crippen LogP contribution in [0.15, 0.2) is 74.5 Å². The fourth-order valence-electron chi connectivity index (χ4n) is 3.75. The van der Waals surface area contributed by atoms with E-state index in [0.29, 0.717) is 17.3 Å². The van der Waals surface area contributed by atoms with Crippen LogP contribution in [0.4, 0.5) is 0 Å². The minimum atomic E-state index is 0.500. The molecule has 0 amide bonds. The molecule has 2 atom stereocenters. The quantitative estimate of drug-likeness (QED) is 0.150. The molecule has 0 fully saturated rings.